The molecule has 1 aliphatic carbocycles. The maximum Gasteiger partial charge on any atom is 0.311 e. The number of hydrogen-bond acceptors (Lipinski definition) is 3. The van der Waals surface area contributed by atoms with Crippen molar-refractivity contribution < 1.29 is 14.3 Å². The highest BCUT2D eigenvalue weighted by atomic mass is 19.1. The second-order valence-corrected chi connectivity index (χ2v) is 3.36. The standard InChI is InChI=1S/C9H9FN2O2/c10-6-4-11-7(3-8(13)14)12-9(6)5-1-2-5/h4-5H,1-3H2,(H,13,14). The monoisotopic (exact) mass is 196 g/mol. The number of aliphatic carboxylic acids is 1. The minimum Gasteiger partial charge on any atom is -0.481 e. The second kappa shape index (κ2) is 3.32. The van der Waals surface area contributed by atoms with Gasteiger partial charge in [-0.25, -0.2) is 14.4 Å². The van der Waals surface area contributed by atoms with E-state index < -0.39 is 11.8 Å². The third kappa shape index (κ3) is 1.86. The Balaban J connectivity index is 2.26. The van der Waals surface area contributed by atoms with Crippen LogP contribution in [0.25, 0.3) is 0 Å². The van der Waals surface area contributed by atoms with E-state index in [2.05, 4.69) is 9.97 Å². The van der Waals surface area contributed by atoms with E-state index in [4.69, 9.17) is 5.11 Å². The fraction of sp³-hybridized carbons (Fsp3) is 0.444. The third-order valence-electron chi connectivity index (χ3n) is 2.09. The van der Waals surface area contributed by atoms with Gasteiger partial charge >= 0.3 is 5.97 Å². The van der Waals surface area contributed by atoms with E-state index in [9.17, 15) is 9.18 Å². The zero-order valence-corrected chi connectivity index (χ0v) is 7.40. The fourth-order valence-corrected chi connectivity index (χ4v) is 1.28. The Kier molecular flexibility index (Phi) is 2.15. The molecular weight excluding hydrogens is 187 g/mol. The molecule has 0 radical (unpaired) electrons. The average Bonchev–Trinajstić information content (AvgIpc) is 2.90. The van der Waals surface area contributed by atoms with Gasteiger partial charge in [0, 0.05) is 5.92 Å². The first kappa shape index (κ1) is 9.05. The van der Waals surface area contributed by atoms with E-state index in [-0.39, 0.29) is 18.2 Å². The van der Waals surface area contributed by atoms with Crippen molar-refractivity contribution in [2.75, 3.05) is 0 Å². The Bertz CT molecular complexity index is 377. The van der Waals surface area contributed by atoms with Gasteiger partial charge in [0.1, 0.15) is 12.2 Å². The van der Waals surface area contributed by atoms with Crippen LogP contribution in [0.2, 0.25) is 0 Å². The molecule has 0 aliphatic heterocycles. The SMILES string of the molecule is O=C(O)Cc1ncc(F)c(C2CC2)n1. The third-order valence-corrected chi connectivity index (χ3v) is 2.09. The molecule has 0 amide bonds. The topological polar surface area (TPSA) is 63.1 Å². The Morgan fingerprint density at radius 1 is 1.64 bits per heavy atom. The molecule has 1 aromatic rings. The molecule has 0 spiro atoms. The van der Waals surface area contributed by atoms with E-state index in [0.29, 0.717) is 5.69 Å². The lowest BCUT2D eigenvalue weighted by Gasteiger charge is -2.01. The molecule has 2 rings (SSSR count). The largest absolute Gasteiger partial charge is 0.481 e. The number of nitrogens with zero attached hydrogens (tertiary/aromatic N) is 2. The molecular formula is C9H9FN2O2. The summed E-state index contributed by atoms with van der Waals surface area (Å²) in [6, 6.07) is 0. The van der Waals surface area contributed by atoms with Crippen LogP contribution in [0.3, 0.4) is 0 Å². The van der Waals surface area contributed by atoms with Gasteiger partial charge in [-0.2, -0.15) is 0 Å². The van der Waals surface area contributed by atoms with Crippen molar-refractivity contribution in [3.05, 3.63) is 23.5 Å². The molecule has 74 valence electrons. The highest BCUT2D eigenvalue weighted by Crippen LogP contribution is 2.39. The number of carboxylic acids is 1. The van der Waals surface area contributed by atoms with E-state index in [1.54, 1.807) is 0 Å². The van der Waals surface area contributed by atoms with Crippen LogP contribution < -0.4 is 0 Å². The number of hydrogen-bond donors (Lipinski definition) is 1. The van der Waals surface area contributed by atoms with Gasteiger partial charge in [0.05, 0.1) is 11.9 Å². The molecule has 0 bridgehead atoms. The first-order chi connectivity index (χ1) is 6.66. The van der Waals surface area contributed by atoms with E-state index in [1.165, 1.54) is 0 Å². The predicted molar refractivity (Wildman–Crippen MR) is 45.3 cm³/mol. The highest BCUT2D eigenvalue weighted by Gasteiger charge is 2.28. The molecule has 0 atom stereocenters. The molecule has 1 heterocycles. The number of carbonyl (C=O) groups is 1. The van der Waals surface area contributed by atoms with Gasteiger partial charge in [0.25, 0.3) is 0 Å². The number of halogens is 1. The van der Waals surface area contributed by atoms with Crippen molar-refractivity contribution in [3.63, 3.8) is 0 Å². The van der Waals surface area contributed by atoms with E-state index in [0.717, 1.165) is 19.0 Å². The molecule has 1 aromatic heterocycles. The second-order valence-electron chi connectivity index (χ2n) is 3.36. The summed E-state index contributed by atoms with van der Waals surface area (Å²) >= 11 is 0. The van der Waals surface area contributed by atoms with E-state index in [1.807, 2.05) is 0 Å². The summed E-state index contributed by atoms with van der Waals surface area (Å²) in [7, 11) is 0. The Labute approximate surface area is 79.8 Å². The smallest absolute Gasteiger partial charge is 0.311 e. The lowest BCUT2D eigenvalue weighted by Crippen LogP contribution is -2.07. The zero-order valence-electron chi connectivity index (χ0n) is 7.40. The first-order valence-electron chi connectivity index (χ1n) is 4.40. The minimum atomic E-state index is -1.00. The number of rotatable bonds is 3. The van der Waals surface area contributed by atoms with Crippen LogP contribution >= 0.6 is 0 Å². The van der Waals surface area contributed by atoms with Crippen molar-refractivity contribution in [3.8, 4) is 0 Å². The van der Waals surface area contributed by atoms with Crippen molar-refractivity contribution in [1.29, 1.82) is 0 Å². The van der Waals surface area contributed by atoms with Gasteiger partial charge in [-0.3, -0.25) is 4.79 Å². The molecule has 0 unspecified atom stereocenters. The summed E-state index contributed by atoms with van der Waals surface area (Å²) in [6.07, 6.45) is 2.67. The molecule has 0 aromatic carbocycles. The Morgan fingerprint density at radius 3 is 2.93 bits per heavy atom. The van der Waals surface area contributed by atoms with Crippen LogP contribution in [0.1, 0.15) is 30.3 Å². The fourth-order valence-electron chi connectivity index (χ4n) is 1.28. The van der Waals surface area contributed by atoms with E-state index >= 15 is 0 Å². The van der Waals surface area contributed by atoms with Gasteiger partial charge in [-0.15, -0.1) is 0 Å². The van der Waals surface area contributed by atoms with Crippen LogP contribution in [0.4, 0.5) is 4.39 Å². The molecule has 0 saturated heterocycles. The van der Waals surface area contributed by atoms with Crippen LogP contribution in [-0.4, -0.2) is 21.0 Å². The minimum absolute atomic E-state index is 0.172. The quantitative estimate of drug-likeness (QED) is 0.786. The van der Waals surface area contributed by atoms with Gasteiger partial charge in [-0.05, 0) is 12.8 Å². The number of carboxylic acid groups (broad SMARTS) is 1. The molecule has 1 fully saturated rings. The van der Waals surface area contributed by atoms with Crippen LogP contribution in [0.15, 0.2) is 6.20 Å². The van der Waals surface area contributed by atoms with Crippen molar-refractivity contribution in [2.45, 2.75) is 25.2 Å². The normalized spacial score (nSPS) is 15.5. The van der Waals surface area contributed by atoms with Crippen LogP contribution in [-0.2, 0) is 11.2 Å². The summed E-state index contributed by atoms with van der Waals surface area (Å²) in [6.45, 7) is 0. The summed E-state index contributed by atoms with van der Waals surface area (Å²) in [5.74, 6) is -1.08. The van der Waals surface area contributed by atoms with Gasteiger partial charge < -0.3 is 5.11 Å². The lowest BCUT2D eigenvalue weighted by atomic mass is 10.2. The van der Waals surface area contributed by atoms with Gasteiger partial charge in [0.15, 0.2) is 5.82 Å². The Hall–Kier alpha value is -1.52. The zero-order chi connectivity index (χ0) is 10.1. The highest BCUT2D eigenvalue weighted by molar-refractivity contribution is 5.68. The molecule has 5 heteroatoms. The first-order valence-corrected chi connectivity index (χ1v) is 4.40. The summed E-state index contributed by atoms with van der Waals surface area (Å²) < 4.78 is 13.1. The van der Waals surface area contributed by atoms with Gasteiger partial charge in [0.2, 0.25) is 0 Å². The van der Waals surface area contributed by atoms with Crippen LogP contribution in [0.5, 0.6) is 0 Å². The summed E-state index contributed by atoms with van der Waals surface area (Å²) in [5, 5.41) is 8.51. The molecule has 1 N–H and O–H groups in total. The van der Waals surface area contributed by atoms with Crippen LogP contribution in [0, 0.1) is 5.82 Å². The van der Waals surface area contributed by atoms with Crippen molar-refractivity contribution >= 4 is 5.97 Å². The van der Waals surface area contributed by atoms with Gasteiger partial charge in [-0.1, -0.05) is 0 Å². The predicted octanol–water partition coefficient (Wildman–Crippen LogP) is 1.12. The average molecular weight is 196 g/mol. The summed E-state index contributed by atoms with van der Waals surface area (Å²) in [5.41, 5.74) is 0.372. The molecule has 14 heavy (non-hydrogen) atoms. The number of aromatic nitrogens is 2. The Morgan fingerprint density at radius 2 is 2.36 bits per heavy atom. The maximum absolute atomic E-state index is 13.1. The molecule has 1 saturated carbocycles. The molecule has 4 nitrogen and oxygen atoms in total. The summed E-state index contributed by atoms with van der Waals surface area (Å²) in [4.78, 5) is 17.9. The van der Waals surface area contributed by atoms with Crippen molar-refractivity contribution in [2.24, 2.45) is 0 Å². The maximum atomic E-state index is 13.1. The molecule has 1 aliphatic rings. The lowest BCUT2D eigenvalue weighted by molar-refractivity contribution is -0.136. The van der Waals surface area contributed by atoms with Crippen molar-refractivity contribution in [1.82, 2.24) is 9.97 Å².